The Morgan fingerprint density at radius 1 is 1.11 bits per heavy atom. The van der Waals surface area contributed by atoms with Crippen molar-refractivity contribution in [1.82, 2.24) is 5.32 Å². The van der Waals surface area contributed by atoms with Crippen molar-refractivity contribution in [1.29, 1.82) is 0 Å². The van der Waals surface area contributed by atoms with Crippen molar-refractivity contribution in [3.63, 3.8) is 0 Å². The first-order valence-electron chi connectivity index (χ1n) is 6.64. The van der Waals surface area contributed by atoms with Gasteiger partial charge in [0.05, 0.1) is 0 Å². The maximum atomic E-state index is 3.45. The molecule has 0 unspecified atom stereocenters. The summed E-state index contributed by atoms with van der Waals surface area (Å²) in [5, 5.41) is 6.96. The summed E-state index contributed by atoms with van der Waals surface area (Å²) in [6, 6.07) is 13.4. The third-order valence-corrected chi connectivity index (χ3v) is 5.16. The van der Waals surface area contributed by atoms with E-state index in [-0.39, 0.29) is 0 Å². The lowest BCUT2D eigenvalue weighted by atomic mass is 10.1. The van der Waals surface area contributed by atoms with Crippen LogP contribution in [0.4, 0.5) is 0 Å². The van der Waals surface area contributed by atoms with Crippen molar-refractivity contribution in [2.75, 3.05) is 6.54 Å². The molecule has 0 fully saturated rings. The van der Waals surface area contributed by atoms with Crippen LogP contribution in [0.2, 0.25) is 0 Å². The van der Waals surface area contributed by atoms with Crippen molar-refractivity contribution in [2.45, 2.75) is 19.9 Å². The minimum Gasteiger partial charge on any atom is -0.312 e. The van der Waals surface area contributed by atoms with E-state index in [1.165, 1.54) is 31.8 Å². The smallest absolute Gasteiger partial charge is 0.0346 e. The molecular formula is C16H17NS2. The first kappa shape index (κ1) is 12.9. The molecule has 0 radical (unpaired) electrons. The van der Waals surface area contributed by atoms with Crippen molar-refractivity contribution in [2.24, 2.45) is 0 Å². The summed E-state index contributed by atoms with van der Waals surface area (Å²) in [6.45, 7) is 4.27. The second-order valence-electron chi connectivity index (χ2n) is 4.62. The van der Waals surface area contributed by atoms with Crippen LogP contribution >= 0.6 is 22.7 Å². The first-order valence-corrected chi connectivity index (χ1v) is 8.33. The molecule has 0 amide bonds. The molecule has 3 heteroatoms. The predicted octanol–water partition coefficient (Wildman–Crippen LogP) is 5.13. The fourth-order valence-electron chi connectivity index (χ4n) is 2.14. The molecule has 0 aliphatic carbocycles. The molecular weight excluding hydrogens is 270 g/mol. The van der Waals surface area contributed by atoms with Crippen LogP contribution < -0.4 is 5.32 Å². The van der Waals surface area contributed by atoms with E-state index in [0.717, 1.165) is 13.1 Å². The Labute approximate surface area is 121 Å². The fraction of sp³-hybridized carbons (Fsp3) is 0.250. The van der Waals surface area contributed by atoms with Gasteiger partial charge in [-0.3, -0.25) is 0 Å². The van der Waals surface area contributed by atoms with Crippen LogP contribution in [0.25, 0.3) is 20.5 Å². The van der Waals surface area contributed by atoms with Gasteiger partial charge in [0, 0.05) is 21.0 Å². The van der Waals surface area contributed by atoms with Gasteiger partial charge in [-0.1, -0.05) is 13.0 Å². The second-order valence-corrected chi connectivity index (χ2v) is 6.73. The maximum Gasteiger partial charge on any atom is 0.0346 e. The first-order chi connectivity index (χ1) is 9.36. The molecule has 98 valence electrons. The quantitative estimate of drug-likeness (QED) is 0.641. The van der Waals surface area contributed by atoms with E-state index in [4.69, 9.17) is 0 Å². The van der Waals surface area contributed by atoms with Gasteiger partial charge in [-0.15, -0.1) is 22.7 Å². The number of hydrogen-bond donors (Lipinski definition) is 1. The van der Waals surface area contributed by atoms with E-state index in [2.05, 4.69) is 54.0 Å². The largest absolute Gasteiger partial charge is 0.312 e. The highest BCUT2D eigenvalue weighted by Crippen LogP contribution is 2.31. The molecule has 2 heterocycles. The van der Waals surface area contributed by atoms with Crippen LogP contribution in [0.15, 0.2) is 41.8 Å². The van der Waals surface area contributed by atoms with Gasteiger partial charge in [0.25, 0.3) is 0 Å². The van der Waals surface area contributed by atoms with Crippen molar-refractivity contribution < 1.29 is 0 Å². The molecule has 0 bridgehead atoms. The molecule has 2 aromatic heterocycles. The zero-order valence-electron chi connectivity index (χ0n) is 11.0. The number of hydrogen-bond acceptors (Lipinski definition) is 3. The number of fused-ring (bicyclic) bond motifs is 1. The van der Waals surface area contributed by atoms with Gasteiger partial charge in [-0.05, 0) is 59.6 Å². The number of rotatable bonds is 5. The highest BCUT2D eigenvalue weighted by molar-refractivity contribution is 7.17. The lowest BCUT2D eigenvalue weighted by Crippen LogP contribution is -2.12. The Balaban J connectivity index is 1.81. The lowest BCUT2D eigenvalue weighted by Gasteiger charge is -2.00. The van der Waals surface area contributed by atoms with E-state index in [9.17, 15) is 0 Å². The molecule has 0 saturated carbocycles. The van der Waals surface area contributed by atoms with Crippen LogP contribution in [0.3, 0.4) is 0 Å². The average Bonchev–Trinajstić information content (AvgIpc) is 3.06. The molecule has 1 N–H and O–H groups in total. The zero-order valence-corrected chi connectivity index (χ0v) is 12.6. The molecule has 0 spiro atoms. The number of benzene rings is 1. The predicted molar refractivity (Wildman–Crippen MR) is 87.1 cm³/mol. The molecule has 0 aliphatic rings. The van der Waals surface area contributed by atoms with Gasteiger partial charge in [-0.25, -0.2) is 0 Å². The third kappa shape index (κ3) is 2.89. The molecule has 1 aromatic carbocycles. The molecule has 19 heavy (non-hydrogen) atoms. The van der Waals surface area contributed by atoms with Crippen molar-refractivity contribution >= 4 is 32.8 Å². The molecule has 0 atom stereocenters. The summed E-state index contributed by atoms with van der Waals surface area (Å²) in [7, 11) is 0. The molecule has 0 saturated heterocycles. The number of thiophene rings is 2. The van der Waals surface area contributed by atoms with Gasteiger partial charge in [0.2, 0.25) is 0 Å². The minimum absolute atomic E-state index is 0.985. The summed E-state index contributed by atoms with van der Waals surface area (Å²) < 4.78 is 1.37. The summed E-state index contributed by atoms with van der Waals surface area (Å²) >= 11 is 3.69. The highest BCUT2D eigenvalue weighted by Gasteiger charge is 2.04. The Kier molecular flexibility index (Phi) is 3.97. The molecule has 3 aromatic rings. The minimum atomic E-state index is 0.985. The van der Waals surface area contributed by atoms with E-state index in [1.54, 1.807) is 11.3 Å². The monoisotopic (exact) mass is 287 g/mol. The van der Waals surface area contributed by atoms with Crippen LogP contribution in [-0.4, -0.2) is 6.54 Å². The Bertz CT molecular complexity index is 666. The van der Waals surface area contributed by atoms with Gasteiger partial charge >= 0.3 is 0 Å². The van der Waals surface area contributed by atoms with Crippen LogP contribution in [-0.2, 0) is 6.54 Å². The Morgan fingerprint density at radius 2 is 2.05 bits per heavy atom. The van der Waals surface area contributed by atoms with E-state index in [1.807, 2.05) is 11.3 Å². The van der Waals surface area contributed by atoms with Gasteiger partial charge in [0.1, 0.15) is 0 Å². The van der Waals surface area contributed by atoms with Crippen molar-refractivity contribution in [3.05, 3.63) is 46.7 Å². The van der Waals surface area contributed by atoms with Crippen LogP contribution in [0.1, 0.15) is 18.2 Å². The van der Waals surface area contributed by atoms with Gasteiger partial charge < -0.3 is 5.32 Å². The van der Waals surface area contributed by atoms with E-state index < -0.39 is 0 Å². The zero-order chi connectivity index (χ0) is 13.1. The Morgan fingerprint density at radius 3 is 2.95 bits per heavy atom. The third-order valence-electron chi connectivity index (χ3n) is 3.12. The molecule has 1 nitrogen and oxygen atoms in total. The topological polar surface area (TPSA) is 12.0 Å². The van der Waals surface area contributed by atoms with Crippen LogP contribution in [0.5, 0.6) is 0 Å². The van der Waals surface area contributed by atoms with Crippen molar-refractivity contribution in [3.8, 4) is 10.4 Å². The average molecular weight is 287 g/mol. The van der Waals surface area contributed by atoms with Crippen LogP contribution in [0, 0.1) is 0 Å². The summed E-state index contributed by atoms with van der Waals surface area (Å²) in [6.07, 6.45) is 1.19. The second kappa shape index (κ2) is 5.87. The summed E-state index contributed by atoms with van der Waals surface area (Å²) in [5.41, 5.74) is 1.33. The standard InChI is InChI=1S/C16H17NS2/c1-2-8-17-11-14-4-6-16(19-14)12-3-5-15-13(10-12)7-9-18-15/h3-7,9-10,17H,2,8,11H2,1H3. The highest BCUT2D eigenvalue weighted by atomic mass is 32.1. The van der Waals surface area contributed by atoms with Gasteiger partial charge in [0.15, 0.2) is 0 Å². The molecule has 3 rings (SSSR count). The summed E-state index contributed by atoms with van der Waals surface area (Å²) in [5.74, 6) is 0. The molecule has 0 aliphatic heterocycles. The maximum absolute atomic E-state index is 3.45. The Hall–Kier alpha value is -1.16. The lowest BCUT2D eigenvalue weighted by molar-refractivity contribution is 0.681. The van der Waals surface area contributed by atoms with Gasteiger partial charge in [-0.2, -0.15) is 0 Å². The summed E-state index contributed by atoms with van der Waals surface area (Å²) in [4.78, 5) is 2.77. The number of nitrogens with one attached hydrogen (secondary N) is 1. The fourth-order valence-corrected chi connectivity index (χ4v) is 3.88. The normalized spacial score (nSPS) is 11.2. The SMILES string of the molecule is CCCNCc1ccc(-c2ccc3sccc3c2)s1. The van der Waals surface area contributed by atoms with E-state index in [0.29, 0.717) is 0 Å². The van der Waals surface area contributed by atoms with E-state index >= 15 is 0 Å².